The summed E-state index contributed by atoms with van der Waals surface area (Å²) in [6, 6.07) is 3.45. The van der Waals surface area contributed by atoms with Crippen molar-refractivity contribution in [2.45, 2.75) is 6.92 Å². The van der Waals surface area contributed by atoms with Crippen LogP contribution in [0.5, 0.6) is 0 Å². The summed E-state index contributed by atoms with van der Waals surface area (Å²) in [5.41, 5.74) is 1.02. The van der Waals surface area contributed by atoms with Crippen molar-refractivity contribution in [3.05, 3.63) is 52.1 Å². The second-order valence-corrected chi connectivity index (χ2v) is 3.38. The maximum Gasteiger partial charge on any atom is 0.345 e. The van der Waals surface area contributed by atoms with Crippen molar-refractivity contribution in [2.24, 2.45) is 0 Å². The van der Waals surface area contributed by atoms with E-state index in [1.807, 2.05) is 0 Å². The third kappa shape index (κ3) is 1.84. The SMILES string of the molecule is Cc1cnc(=O)[nH]c1-c1ccc(F)c(F)c1. The molecule has 0 aliphatic heterocycles. The van der Waals surface area contributed by atoms with E-state index >= 15 is 0 Å². The molecule has 16 heavy (non-hydrogen) atoms. The van der Waals surface area contributed by atoms with Crippen molar-refractivity contribution in [1.29, 1.82) is 0 Å². The molecule has 2 aromatic rings. The van der Waals surface area contributed by atoms with Gasteiger partial charge in [-0.2, -0.15) is 0 Å². The minimum atomic E-state index is -0.949. The molecule has 1 aromatic carbocycles. The molecule has 0 aliphatic rings. The quantitative estimate of drug-likeness (QED) is 0.802. The zero-order chi connectivity index (χ0) is 11.7. The Hall–Kier alpha value is -2.04. The van der Waals surface area contributed by atoms with Crippen molar-refractivity contribution < 1.29 is 8.78 Å². The van der Waals surface area contributed by atoms with Gasteiger partial charge in [0.25, 0.3) is 0 Å². The molecule has 0 atom stereocenters. The lowest BCUT2D eigenvalue weighted by Gasteiger charge is -2.04. The van der Waals surface area contributed by atoms with Crippen LogP contribution in [0.1, 0.15) is 5.56 Å². The monoisotopic (exact) mass is 222 g/mol. The molecule has 1 N–H and O–H groups in total. The van der Waals surface area contributed by atoms with Gasteiger partial charge in [0.05, 0.1) is 5.69 Å². The van der Waals surface area contributed by atoms with Gasteiger partial charge in [0.1, 0.15) is 0 Å². The second-order valence-electron chi connectivity index (χ2n) is 3.38. The highest BCUT2D eigenvalue weighted by Gasteiger charge is 2.07. The van der Waals surface area contributed by atoms with E-state index < -0.39 is 17.3 Å². The van der Waals surface area contributed by atoms with Crippen LogP contribution in [0.2, 0.25) is 0 Å². The maximum atomic E-state index is 13.0. The Morgan fingerprint density at radius 2 is 2.00 bits per heavy atom. The summed E-state index contributed by atoms with van der Waals surface area (Å²) < 4.78 is 25.7. The standard InChI is InChI=1S/C11H8F2N2O/c1-6-5-14-11(16)15-10(6)7-2-3-8(12)9(13)4-7/h2-5H,1H3,(H,14,15,16). The Balaban J connectivity index is 2.62. The van der Waals surface area contributed by atoms with Crippen LogP contribution in [0.3, 0.4) is 0 Å². The molecule has 0 aliphatic carbocycles. The van der Waals surface area contributed by atoms with E-state index in [1.54, 1.807) is 6.92 Å². The fourth-order valence-corrected chi connectivity index (χ4v) is 1.41. The van der Waals surface area contributed by atoms with Gasteiger partial charge < -0.3 is 4.98 Å². The topological polar surface area (TPSA) is 45.8 Å². The van der Waals surface area contributed by atoms with Crippen molar-refractivity contribution in [3.63, 3.8) is 0 Å². The maximum absolute atomic E-state index is 13.0. The first-order valence-electron chi connectivity index (χ1n) is 4.59. The van der Waals surface area contributed by atoms with Crippen LogP contribution < -0.4 is 5.69 Å². The molecule has 0 saturated heterocycles. The van der Waals surface area contributed by atoms with Crippen LogP contribution in [0.15, 0.2) is 29.2 Å². The minimum absolute atomic E-state index is 0.413. The lowest BCUT2D eigenvalue weighted by Crippen LogP contribution is -2.11. The fourth-order valence-electron chi connectivity index (χ4n) is 1.41. The predicted molar refractivity (Wildman–Crippen MR) is 54.9 cm³/mol. The van der Waals surface area contributed by atoms with Gasteiger partial charge in [0.15, 0.2) is 11.6 Å². The van der Waals surface area contributed by atoms with Gasteiger partial charge >= 0.3 is 5.69 Å². The number of halogens is 2. The minimum Gasteiger partial charge on any atom is -0.305 e. The molecular weight excluding hydrogens is 214 g/mol. The molecule has 2 rings (SSSR count). The molecule has 0 unspecified atom stereocenters. The summed E-state index contributed by atoms with van der Waals surface area (Å²) in [6.45, 7) is 1.72. The Bertz CT molecular complexity index is 593. The number of aryl methyl sites for hydroxylation is 1. The molecule has 0 saturated carbocycles. The number of aromatic nitrogens is 2. The molecule has 82 valence electrons. The van der Waals surface area contributed by atoms with Crippen LogP contribution in [0.4, 0.5) is 8.78 Å². The van der Waals surface area contributed by atoms with Crippen molar-refractivity contribution >= 4 is 0 Å². The van der Waals surface area contributed by atoms with Gasteiger partial charge in [-0.3, -0.25) is 0 Å². The van der Waals surface area contributed by atoms with Gasteiger partial charge in [-0.15, -0.1) is 0 Å². The summed E-state index contributed by atoms with van der Waals surface area (Å²) in [4.78, 5) is 17.0. The number of rotatable bonds is 1. The Kier molecular flexibility index (Phi) is 2.52. The molecule has 3 nitrogen and oxygen atoms in total. The number of benzene rings is 1. The smallest absolute Gasteiger partial charge is 0.305 e. The first-order valence-corrected chi connectivity index (χ1v) is 4.59. The van der Waals surface area contributed by atoms with E-state index in [9.17, 15) is 13.6 Å². The predicted octanol–water partition coefficient (Wildman–Crippen LogP) is 2.02. The zero-order valence-corrected chi connectivity index (χ0v) is 8.42. The van der Waals surface area contributed by atoms with Crippen molar-refractivity contribution in [1.82, 2.24) is 9.97 Å². The molecule has 0 amide bonds. The van der Waals surface area contributed by atoms with Crippen LogP contribution in [-0.4, -0.2) is 9.97 Å². The number of nitrogens with one attached hydrogen (secondary N) is 1. The van der Waals surface area contributed by atoms with Crippen LogP contribution >= 0.6 is 0 Å². The highest BCUT2D eigenvalue weighted by atomic mass is 19.2. The molecule has 0 bridgehead atoms. The highest BCUT2D eigenvalue weighted by molar-refractivity contribution is 5.61. The average molecular weight is 222 g/mol. The van der Waals surface area contributed by atoms with E-state index in [0.717, 1.165) is 12.1 Å². The third-order valence-corrected chi connectivity index (χ3v) is 2.21. The average Bonchev–Trinajstić information content (AvgIpc) is 2.26. The van der Waals surface area contributed by atoms with E-state index in [4.69, 9.17) is 0 Å². The normalized spacial score (nSPS) is 10.4. The number of hydrogen-bond donors (Lipinski definition) is 1. The Morgan fingerprint density at radius 1 is 1.25 bits per heavy atom. The van der Waals surface area contributed by atoms with Gasteiger partial charge in [-0.05, 0) is 30.7 Å². The molecule has 5 heteroatoms. The molecule has 0 fully saturated rings. The van der Waals surface area contributed by atoms with Gasteiger partial charge in [0, 0.05) is 11.8 Å². The van der Waals surface area contributed by atoms with E-state index in [2.05, 4.69) is 9.97 Å². The number of H-pyrrole nitrogens is 1. The van der Waals surface area contributed by atoms with Gasteiger partial charge in [-0.1, -0.05) is 0 Å². The summed E-state index contributed by atoms with van der Waals surface area (Å²) in [5.74, 6) is -1.87. The van der Waals surface area contributed by atoms with Crippen LogP contribution in [0.25, 0.3) is 11.3 Å². The summed E-state index contributed by atoms with van der Waals surface area (Å²) in [6.07, 6.45) is 1.38. The van der Waals surface area contributed by atoms with Crippen LogP contribution in [-0.2, 0) is 0 Å². The van der Waals surface area contributed by atoms with Crippen LogP contribution in [0, 0.1) is 18.6 Å². The number of nitrogens with zero attached hydrogens (tertiary/aromatic N) is 1. The third-order valence-electron chi connectivity index (χ3n) is 2.21. The Morgan fingerprint density at radius 3 is 2.69 bits per heavy atom. The summed E-state index contributed by atoms with van der Waals surface area (Å²) >= 11 is 0. The molecular formula is C11H8F2N2O. The van der Waals surface area contributed by atoms with E-state index in [1.165, 1.54) is 12.3 Å². The first-order chi connectivity index (χ1) is 7.58. The van der Waals surface area contributed by atoms with Gasteiger partial charge in [0.2, 0.25) is 0 Å². The molecule has 1 heterocycles. The number of hydrogen-bond acceptors (Lipinski definition) is 2. The summed E-state index contributed by atoms with van der Waals surface area (Å²) in [7, 11) is 0. The first kappa shape index (κ1) is 10.5. The fraction of sp³-hybridized carbons (Fsp3) is 0.0909. The van der Waals surface area contributed by atoms with E-state index in [-0.39, 0.29) is 0 Å². The lowest BCUT2D eigenvalue weighted by molar-refractivity contribution is 0.509. The Labute approximate surface area is 89.8 Å². The number of aromatic amines is 1. The van der Waals surface area contributed by atoms with E-state index in [0.29, 0.717) is 16.8 Å². The zero-order valence-electron chi connectivity index (χ0n) is 8.42. The molecule has 0 spiro atoms. The second kappa shape index (κ2) is 3.84. The molecule has 1 aromatic heterocycles. The lowest BCUT2D eigenvalue weighted by atomic mass is 10.1. The van der Waals surface area contributed by atoms with Crippen molar-refractivity contribution in [2.75, 3.05) is 0 Å². The molecule has 0 radical (unpaired) electrons. The van der Waals surface area contributed by atoms with Gasteiger partial charge in [-0.25, -0.2) is 18.6 Å². The largest absolute Gasteiger partial charge is 0.345 e. The summed E-state index contributed by atoms with van der Waals surface area (Å²) in [5, 5.41) is 0. The highest BCUT2D eigenvalue weighted by Crippen LogP contribution is 2.20. The van der Waals surface area contributed by atoms with Crippen molar-refractivity contribution in [3.8, 4) is 11.3 Å².